The first-order valence-electron chi connectivity index (χ1n) is 6.11. The smallest absolute Gasteiger partial charge is 0.405 e. The first-order chi connectivity index (χ1) is 9.81. The highest BCUT2D eigenvalue weighted by Gasteiger charge is 2.30. The van der Waals surface area contributed by atoms with Crippen molar-refractivity contribution in [3.8, 4) is 0 Å². The molecule has 1 aromatic rings. The number of carbonyl (C=O) groups is 2. The van der Waals surface area contributed by atoms with E-state index in [9.17, 15) is 22.8 Å². The summed E-state index contributed by atoms with van der Waals surface area (Å²) in [6, 6.07) is -1.09. The minimum atomic E-state index is -4.52. The standard InChI is InChI=1S/C11H13F3N4O3/c1-21-9(19)7-8(16-6-3-2-4-18(6)7)17-10(20)15-5-11(12,13)14/h2-5H2,1H3,(H2,15,17,20). The SMILES string of the molecule is COC(=O)c1c(NC(=O)NCC(F)(F)F)nc2n1CCC2. The van der Waals surface area contributed by atoms with E-state index in [2.05, 4.69) is 15.0 Å². The van der Waals surface area contributed by atoms with Gasteiger partial charge in [0.25, 0.3) is 0 Å². The van der Waals surface area contributed by atoms with E-state index in [0.717, 1.165) is 6.42 Å². The largest absolute Gasteiger partial charge is 0.464 e. The van der Waals surface area contributed by atoms with Crippen LogP contribution in [0.2, 0.25) is 0 Å². The molecule has 0 atom stereocenters. The van der Waals surface area contributed by atoms with Gasteiger partial charge in [0.15, 0.2) is 11.5 Å². The fraction of sp³-hybridized carbons (Fsp3) is 0.545. The molecule has 0 spiro atoms. The number of fused-ring (bicyclic) bond motifs is 1. The Bertz CT molecular complexity index is 568. The molecule has 2 heterocycles. The molecule has 0 fully saturated rings. The predicted octanol–water partition coefficient (Wildman–Crippen LogP) is 1.30. The fourth-order valence-electron chi connectivity index (χ4n) is 2.05. The second-order valence-electron chi connectivity index (χ2n) is 4.39. The van der Waals surface area contributed by atoms with Gasteiger partial charge in [-0.2, -0.15) is 13.2 Å². The quantitative estimate of drug-likeness (QED) is 0.824. The van der Waals surface area contributed by atoms with Crippen LogP contribution in [0.4, 0.5) is 23.8 Å². The van der Waals surface area contributed by atoms with Crippen molar-refractivity contribution in [3.63, 3.8) is 0 Å². The monoisotopic (exact) mass is 306 g/mol. The third-order valence-electron chi connectivity index (χ3n) is 2.89. The maximum absolute atomic E-state index is 12.0. The Hall–Kier alpha value is -2.26. The van der Waals surface area contributed by atoms with E-state index in [-0.39, 0.29) is 11.5 Å². The van der Waals surface area contributed by atoms with Gasteiger partial charge in [0.1, 0.15) is 12.4 Å². The van der Waals surface area contributed by atoms with Crippen molar-refractivity contribution in [1.82, 2.24) is 14.9 Å². The Kier molecular flexibility index (Phi) is 4.05. The number of carbonyl (C=O) groups excluding carboxylic acids is 2. The van der Waals surface area contributed by atoms with E-state index >= 15 is 0 Å². The fourth-order valence-corrected chi connectivity index (χ4v) is 2.05. The van der Waals surface area contributed by atoms with Crippen LogP contribution >= 0.6 is 0 Å². The number of rotatable bonds is 3. The maximum atomic E-state index is 12.0. The summed E-state index contributed by atoms with van der Waals surface area (Å²) in [4.78, 5) is 27.2. The lowest BCUT2D eigenvalue weighted by Gasteiger charge is -2.10. The molecule has 0 unspecified atom stereocenters. The van der Waals surface area contributed by atoms with Gasteiger partial charge in [-0.15, -0.1) is 0 Å². The van der Waals surface area contributed by atoms with Crippen LogP contribution in [0.25, 0.3) is 0 Å². The zero-order chi connectivity index (χ0) is 15.6. The molecule has 1 aliphatic rings. The average molecular weight is 306 g/mol. The molecule has 21 heavy (non-hydrogen) atoms. The van der Waals surface area contributed by atoms with Gasteiger partial charge in [-0.25, -0.2) is 14.6 Å². The number of hydrogen-bond acceptors (Lipinski definition) is 4. The second kappa shape index (κ2) is 5.62. The van der Waals surface area contributed by atoms with Crippen LogP contribution in [0.5, 0.6) is 0 Å². The number of esters is 1. The minimum Gasteiger partial charge on any atom is -0.464 e. The number of nitrogens with one attached hydrogen (secondary N) is 2. The topological polar surface area (TPSA) is 85.2 Å². The molecule has 2 N–H and O–H groups in total. The first kappa shape index (κ1) is 15.1. The number of hydrogen-bond donors (Lipinski definition) is 2. The third-order valence-corrected chi connectivity index (χ3v) is 2.89. The lowest BCUT2D eigenvalue weighted by Crippen LogP contribution is -2.37. The Morgan fingerprint density at radius 3 is 2.76 bits per heavy atom. The Labute approximate surface area is 117 Å². The summed E-state index contributed by atoms with van der Waals surface area (Å²) in [5.41, 5.74) is 0.0344. The van der Waals surface area contributed by atoms with Gasteiger partial charge >= 0.3 is 18.2 Å². The Morgan fingerprint density at radius 2 is 2.14 bits per heavy atom. The lowest BCUT2D eigenvalue weighted by atomic mass is 10.3. The highest BCUT2D eigenvalue weighted by Crippen LogP contribution is 2.24. The number of nitrogens with zero attached hydrogens (tertiary/aromatic N) is 2. The number of urea groups is 1. The van der Waals surface area contributed by atoms with E-state index < -0.39 is 24.7 Å². The van der Waals surface area contributed by atoms with Gasteiger partial charge in [-0.3, -0.25) is 5.32 Å². The molecule has 0 aromatic carbocycles. The van der Waals surface area contributed by atoms with Crippen molar-refractivity contribution < 1.29 is 27.5 Å². The summed E-state index contributed by atoms with van der Waals surface area (Å²) in [7, 11) is 1.17. The van der Waals surface area contributed by atoms with Gasteiger partial charge in [-0.1, -0.05) is 0 Å². The molecule has 7 nitrogen and oxygen atoms in total. The molecule has 0 saturated carbocycles. The van der Waals surface area contributed by atoms with Crippen LogP contribution in [0.15, 0.2) is 0 Å². The van der Waals surface area contributed by atoms with Crippen molar-refractivity contribution in [2.24, 2.45) is 0 Å². The normalized spacial score (nSPS) is 13.7. The van der Waals surface area contributed by atoms with Crippen LogP contribution in [-0.4, -0.2) is 41.4 Å². The zero-order valence-electron chi connectivity index (χ0n) is 11.1. The molecule has 0 bridgehead atoms. The van der Waals surface area contributed by atoms with Crippen LogP contribution < -0.4 is 10.6 Å². The lowest BCUT2D eigenvalue weighted by molar-refractivity contribution is -0.122. The number of aryl methyl sites for hydroxylation is 1. The highest BCUT2D eigenvalue weighted by molar-refractivity contribution is 5.98. The number of imidazole rings is 1. The van der Waals surface area contributed by atoms with E-state index in [1.54, 1.807) is 9.88 Å². The summed E-state index contributed by atoms with van der Waals surface area (Å²) in [5, 5.41) is 3.79. The summed E-state index contributed by atoms with van der Waals surface area (Å²) in [6.45, 7) is -0.932. The van der Waals surface area contributed by atoms with Crippen molar-refractivity contribution in [3.05, 3.63) is 11.5 Å². The first-order valence-corrected chi connectivity index (χ1v) is 6.11. The average Bonchev–Trinajstić information content (AvgIpc) is 2.95. The van der Waals surface area contributed by atoms with E-state index in [4.69, 9.17) is 0 Å². The predicted molar refractivity (Wildman–Crippen MR) is 65.0 cm³/mol. The number of amides is 2. The van der Waals surface area contributed by atoms with Gasteiger partial charge < -0.3 is 14.6 Å². The minimum absolute atomic E-state index is 0.0344. The Balaban J connectivity index is 2.13. The number of methoxy groups -OCH3 is 1. The number of halogens is 3. The van der Waals surface area contributed by atoms with Gasteiger partial charge in [-0.05, 0) is 6.42 Å². The number of ether oxygens (including phenoxy) is 1. The molecule has 1 aromatic heterocycles. The molecule has 0 saturated heterocycles. The number of alkyl halides is 3. The Morgan fingerprint density at radius 1 is 1.43 bits per heavy atom. The van der Waals surface area contributed by atoms with E-state index in [1.165, 1.54) is 7.11 Å². The number of anilines is 1. The highest BCUT2D eigenvalue weighted by atomic mass is 19.4. The summed E-state index contributed by atoms with van der Waals surface area (Å²) < 4.78 is 42.2. The van der Waals surface area contributed by atoms with E-state index in [1.807, 2.05) is 0 Å². The van der Waals surface area contributed by atoms with Crippen LogP contribution in [-0.2, 0) is 17.7 Å². The summed E-state index contributed by atoms with van der Waals surface area (Å²) >= 11 is 0. The molecular formula is C11H13F3N4O3. The molecule has 2 amide bonds. The third kappa shape index (κ3) is 3.44. The molecule has 2 rings (SSSR count). The maximum Gasteiger partial charge on any atom is 0.405 e. The van der Waals surface area contributed by atoms with Crippen molar-refractivity contribution in [2.45, 2.75) is 25.6 Å². The zero-order valence-corrected chi connectivity index (χ0v) is 11.1. The summed E-state index contributed by atoms with van der Waals surface area (Å²) in [6.07, 6.45) is -3.10. The molecule has 116 valence electrons. The molecular weight excluding hydrogens is 293 g/mol. The number of aromatic nitrogens is 2. The van der Waals surface area contributed by atoms with Crippen molar-refractivity contribution in [1.29, 1.82) is 0 Å². The molecule has 10 heteroatoms. The molecule has 0 radical (unpaired) electrons. The van der Waals surface area contributed by atoms with Gasteiger partial charge in [0.05, 0.1) is 7.11 Å². The van der Waals surface area contributed by atoms with Crippen LogP contribution in [0.1, 0.15) is 22.7 Å². The summed E-state index contributed by atoms with van der Waals surface area (Å²) in [5.74, 6) is -0.223. The van der Waals surface area contributed by atoms with E-state index in [0.29, 0.717) is 18.8 Å². The molecule has 1 aliphatic heterocycles. The van der Waals surface area contributed by atoms with Gasteiger partial charge in [0.2, 0.25) is 0 Å². The van der Waals surface area contributed by atoms with Crippen LogP contribution in [0.3, 0.4) is 0 Å². The second-order valence-corrected chi connectivity index (χ2v) is 4.39. The van der Waals surface area contributed by atoms with Crippen LogP contribution in [0, 0.1) is 0 Å². The van der Waals surface area contributed by atoms with Gasteiger partial charge in [0, 0.05) is 13.0 Å². The molecule has 0 aliphatic carbocycles. The van der Waals surface area contributed by atoms with Crippen molar-refractivity contribution >= 4 is 17.8 Å². The van der Waals surface area contributed by atoms with Crippen molar-refractivity contribution in [2.75, 3.05) is 19.0 Å².